The first-order valence-corrected chi connectivity index (χ1v) is 6.83. The Morgan fingerprint density at radius 1 is 1.50 bits per heavy atom. The number of aliphatic carboxylic acids is 1. The van der Waals surface area contributed by atoms with E-state index in [1.165, 1.54) is 17.3 Å². The molecule has 3 unspecified atom stereocenters. The van der Waals surface area contributed by atoms with Crippen LogP contribution in [0.15, 0.2) is 12.7 Å². The fourth-order valence-corrected chi connectivity index (χ4v) is 2.65. The quantitative estimate of drug-likeness (QED) is 0.857. The van der Waals surface area contributed by atoms with Crippen molar-refractivity contribution in [1.29, 1.82) is 0 Å². The summed E-state index contributed by atoms with van der Waals surface area (Å²) in [6.07, 6.45) is 5.94. The lowest BCUT2D eigenvalue weighted by molar-refractivity contribution is -0.152. The van der Waals surface area contributed by atoms with Gasteiger partial charge in [-0.15, -0.1) is 0 Å². The Kier molecular flexibility index (Phi) is 4.06. The topological polar surface area (TPSA) is 97.1 Å². The Morgan fingerprint density at radius 2 is 2.25 bits per heavy atom. The lowest BCUT2D eigenvalue weighted by atomic mass is 9.71. The third-order valence-electron chi connectivity index (χ3n) is 4.23. The molecule has 0 bridgehead atoms. The molecule has 0 spiro atoms. The standard InChI is InChI=1S/C13H20N4O3/c1-9(17-8-14-7-15-17)11(18)16-10-5-3-4-6-13(10,2)12(19)20/h7-10H,3-6H2,1-2H3,(H,16,18)(H,19,20). The SMILES string of the molecule is CC(C(=O)NC1CCCCC1(C)C(=O)O)n1cncn1. The van der Waals surface area contributed by atoms with Crippen LogP contribution in [0, 0.1) is 5.41 Å². The number of amides is 1. The van der Waals surface area contributed by atoms with E-state index >= 15 is 0 Å². The van der Waals surface area contributed by atoms with Gasteiger partial charge in [-0.25, -0.2) is 9.67 Å². The lowest BCUT2D eigenvalue weighted by Crippen LogP contribution is -2.53. The largest absolute Gasteiger partial charge is 0.481 e. The molecule has 1 aliphatic rings. The van der Waals surface area contributed by atoms with E-state index in [2.05, 4.69) is 15.4 Å². The van der Waals surface area contributed by atoms with Crippen LogP contribution in [-0.4, -0.2) is 37.8 Å². The van der Waals surface area contributed by atoms with Crippen molar-refractivity contribution in [2.45, 2.75) is 51.6 Å². The highest BCUT2D eigenvalue weighted by atomic mass is 16.4. The molecule has 20 heavy (non-hydrogen) atoms. The number of carboxylic acids is 1. The van der Waals surface area contributed by atoms with Crippen LogP contribution in [0.3, 0.4) is 0 Å². The van der Waals surface area contributed by atoms with Gasteiger partial charge in [0.05, 0.1) is 5.41 Å². The molecule has 1 fully saturated rings. The fraction of sp³-hybridized carbons (Fsp3) is 0.692. The Hall–Kier alpha value is -1.92. The summed E-state index contributed by atoms with van der Waals surface area (Å²) in [6, 6.07) is -0.843. The second kappa shape index (κ2) is 5.60. The highest BCUT2D eigenvalue weighted by Gasteiger charge is 2.44. The summed E-state index contributed by atoms with van der Waals surface area (Å²) in [5.41, 5.74) is -0.893. The molecule has 3 atom stereocenters. The van der Waals surface area contributed by atoms with Gasteiger partial charge in [0, 0.05) is 6.04 Å². The van der Waals surface area contributed by atoms with Crippen molar-refractivity contribution >= 4 is 11.9 Å². The second-order valence-corrected chi connectivity index (χ2v) is 5.58. The van der Waals surface area contributed by atoms with Crippen LogP contribution >= 0.6 is 0 Å². The Balaban J connectivity index is 2.07. The molecule has 0 aliphatic heterocycles. The fourth-order valence-electron chi connectivity index (χ4n) is 2.65. The molecule has 0 saturated heterocycles. The molecule has 0 aromatic carbocycles. The minimum atomic E-state index is -0.893. The Labute approximate surface area is 117 Å². The van der Waals surface area contributed by atoms with Gasteiger partial charge in [-0.1, -0.05) is 12.8 Å². The third-order valence-corrected chi connectivity index (χ3v) is 4.23. The van der Waals surface area contributed by atoms with Crippen LogP contribution < -0.4 is 5.32 Å². The Morgan fingerprint density at radius 3 is 2.85 bits per heavy atom. The van der Waals surface area contributed by atoms with E-state index in [0.717, 1.165) is 12.8 Å². The zero-order valence-electron chi connectivity index (χ0n) is 11.7. The molecule has 0 radical (unpaired) electrons. The molecule has 1 saturated carbocycles. The maximum absolute atomic E-state index is 12.2. The van der Waals surface area contributed by atoms with Gasteiger partial charge in [-0.2, -0.15) is 5.10 Å². The van der Waals surface area contributed by atoms with E-state index < -0.39 is 17.4 Å². The molecule has 1 aromatic rings. The summed E-state index contributed by atoms with van der Waals surface area (Å²) in [5, 5.41) is 16.2. The number of carbonyl (C=O) groups is 2. The van der Waals surface area contributed by atoms with Gasteiger partial charge in [-0.05, 0) is 26.7 Å². The van der Waals surface area contributed by atoms with Crippen LogP contribution in [0.5, 0.6) is 0 Å². The number of carboxylic acid groups (broad SMARTS) is 1. The van der Waals surface area contributed by atoms with E-state index in [0.29, 0.717) is 12.8 Å². The molecule has 1 aromatic heterocycles. The van der Waals surface area contributed by atoms with Gasteiger partial charge in [0.2, 0.25) is 5.91 Å². The molecule has 1 heterocycles. The number of nitrogens with one attached hydrogen (secondary N) is 1. The monoisotopic (exact) mass is 280 g/mol. The lowest BCUT2D eigenvalue weighted by Gasteiger charge is -2.38. The van der Waals surface area contributed by atoms with Crippen molar-refractivity contribution in [3.05, 3.63) is 12.7 Å². The first-order chi connectivity index (χ1) is 9.45. The summed E-state index contributed by atoms with van der Waals surface area (Å²) in [5.74, 6) is -1.08. The van der Waals surface area contributed by atoms with Crippen molar-refractivity contribution in [1.82, 2.24) is 20.1 Å². The molecule has 1 aliphatic carbocycles. The molecule has 2 rings (SSSR count). The van der Waals surface area contributed by atoms with E-state index in [1.807, 2.05) is 0 Å². The predicted molar refractivity (Wildman–Crippen MR) is 70.9 cm³/mol. The highest BCUT2D eigenvalue weighted by Crippen LogP contribution is 2.36. The number of aromatic nitrogens is 3. The molecule has 7 nitrogen and oxygen atoms in total. The van der Waals surface area contributed by atoms with Crippen LogP contribution in [0.25, 0.3) is 0 Å². The van der Waals surface area contributed by atoms with Gasteiger partial charge < -0.3 is 10.4 Å². The molecule has 1 amide bonds. The van der Waals surface area contributed by atoms with Gasteiger partial charge in [0.15, 0.2) is 0 Å². The minimum absolute atomic E-state index is 0.227. The van der Waals surface area contributed by atoms with Crippen molar-refractivity contribution in [3.63, 3.8) is 0 Å². The molecular formula is C13H20N4O3. The molecule has 7 heteroatoms. The van der Waals surface area contributed by atoms with Crippen molar-refractivity contribution in [3.8, 4) is 0 Å². The van der Waals surface area contributed by atoms with Gasteiger partial charge in [0.25, 0.3) is 0 Å². The number of hydrogen-bond donors (Lipinski definition) is 2. The van der Waals surface area contributed by atoms with E-state index in [4.69, 9.17) is 0 Å². The number of hydrogen-bond acceptors (Lipinski definition) is 4. The van der Waals surface area contributed by atoms with Gasteiger partial charge in [-0.3, -0.25) is 9.59 Å². The normalized spacial score (nSPS) is 27.8. The van der Waals surface area contributed by atoms with Crippen LogP contribution in [0.1, 0.15) is 45.6 Å². The summed E-state index contributed by atoms with van der Waals surface area (Å²) in [7, 11) is 0. The zero-order chi connectivity index (χ0) is 14.8. The van der Waals surface area contributed by atoms with Crippen LogP contribution in [0.4, 0.5) is 0 Å². The van der Waals surface area contributed by atoms with Gasteiger partial charge in [0.1, 0.15) is 18.7 Å². The summed E-state index contributed by atoms with van der Waals surface area (Å²) < 4.78 is 1.45. The second-order valence-electron chi connectivity index (χ2n) is 5.58. The van der Waals surface area contributed by atoms with Crippen LogP contribution in [-0.2, 0) is 9.59 Å². The maximum atomic E-state index is 12.2. The average Bonchev–Trinajstić information content (AvgIpc) is 2.94. The zero-order valence-corrected chi connectivity index (χ0v) is 11.7. The molecular weight excluding hydrogens is 260 g/mol. The first-order valence-electron chi connectivity index (χ1n) is 6.83. The van der Waals surface area contributed by atoms with Crippen LogP contribution in [0.2, 0.25) is 0 Å². The van der Waals surface area contributed by atoms with Crippen molar-refractivity contribution in [2.75, 3.05) is 0 Å². The van der Waals surface area contributed by atoms with Crippen molar-refractivity contribution < 1.29 is 14.7 Å². The van der Waals surface area contributed by atoms with E-state index in [-0.39, 0.29) is 11.9 Å². The molecule has 110 valence electrons. The number of rotatable bonds is 4. The maximum Gasteiger partial charge on any atom is 0.311 e. The average molecular weight is 280 g/mol. The smallest absolute Gasteiger partial charge is 0.311 e. The Bertz CT molecular complexity index is 488. The van der Waals surface area contributed by atoms with Crippen molar-refractivity contribution in [2.24, 2.45) is 5.41 Å². The first kappa shape index (κ1) is 14.5. The number of carbonyl (C=O) groups excluding carboxylic acids is 1. The number of nitrogens with zero attached hydrogens (tertiary/aromatic N) is 3. The summed E-state index contributed by atoms with van der Waals surface area (Å²) in [6.45, 7) is 3.42. The third kappa shape index (κ3) is 2.66. The van der Waals surface area contributed by atoms with E-state index in [9.17, 15) is 14.7 Å². The summed E-state index contributed by atoms with van der Waals surface area (Å²) >= 11 is 0. The van der Waals surface area contributed by atoms with Gasteiger partial charge >= 0.3 is 5.97 Å². The summed E-state index contributed by atoms with van der Waals surface area (Å²) in [4.78, 5) is 27.5. The minimum Gasteiger partial charge on any atom is -0.481 e. The highest BCUT2D eigenvalue weighted by molar-refractivity contribution is 5.82. The predicted octanol–water partition coefficient (Wildman–Crippen LogP) is 0.989. The molecule has 2 N–H and O–H groups in total. The van der Waals surface area contributed by atoms with E-state index in [1.54, 1.807) is 13.8 Å².